The number of thiophene rings is 1. The minimum atomic E-state index is -0.310. The number of fused-ring (bicyclic) bond motifs is 1. The summed E-state index contributed by atoms with van der Waals surface area (Å²) in [6.07, 6.45) is 0. The summed E-state index contributed by atoms with van der Waals surface area (Å²) in [4.78, 5) is 32.1. The fourth-order valence-corrected chi connectivity index (χ4v) is 4.86. The number of nitrogens with zero attached hydrogens (tertiary/aromatic N) is 3. The van der Waals surface area contributed by atoms with Gasteiger partial charge in [-0.1, -0.05) is 30.0 Å². The van der Waals surface area contributed by atoms with Crippen molar-refractivity contribution in [2.75, 3.05) is 14.1 Å². The Morgan fingerprint density at radius 1 is 1.26 bits per heavy atom. The van der Waals surface area contributed by atoms with E-state index in [1.807, 2.05) is 18.4 Å². The fourth-order valence-electron chi connectivity index (χ4n) is 2.85. The zero-order chi connectivity index (χ0) is 19.9. The largest absolute Gasteiger partial charge is 0.348 e. The minimum absolute atomic E-state index is 0.00338. The first kappa shape index (κ1) is 19.6. The molecule has 27 heavy (non-hydrogen) atoms. The SMILES string of the molecule is Cc1ccc(-c2csc3nc(S[C@@H](C)C(=O)N(C)C)n(C)c(=O)c23)cc1C. The van der Waals surface area contributed by atoms with Gasteiger partial charge in [-0.25, -0.2) is 4.98 Å². The summed E-state index contributed by atoms with van der Waals surface area (Å²) in [5.41, 5.74) is 4.28. The van der Waals surface area contributed by atoms with Gasteiger partial charge in [0.1, 0.15) is 4.83 Å². The molecule has 0 bridgehead atoms. The van der Waals surface area contributed by atoms with E-state index in [1.165, 1.54) is 34.2 Å². The quantitative estimate of drug-likeness (QED) is 0.492. The van der Waals surface area contributed by atoms with Crippen LogP contribution in [0.15, 0.2) is 33.5 Å². The molecule has 0 aliphatic rings. The third-order valence-corrected chi connectivity index (χ3v) is 6.67. The highest BCUT2D eigenvalue weighted by molar-refractivity contribution is 8.00. The first-order chi connectivity index (χ1) is 12.7. The molecule has 1 aromatic carbocycles. The van der Waals surface area contributed by atoms with Gasteiger partial charge in [0.2, 0.25) is 5.91 Å². The molecule has 5 nitrogen and oxygen atoms in total. The number of amides is 1. The first-order valence-electron chi connectivity index (χ1n) is 8.64. The zero-order valence-electron chi connectivity index (χ0n) is 16.4. The molecule has 2 heterocycles. The molecule has 0 aliphatic heterocycles. The summed E-state index contributed by atoms with van der Waals surface area (Å²) in [6, 6.07) is 6.23. The second-order valence-corrected chi connectivity index (χ2v) is 9.05. The topological polar surface area (TPSA) is 55.2 Å². The second kappa shape index (κ2) is 7.48. The highest BCUT2D eigenvalue weighted by atomic mass is 32.2. The van der Waals surface area contributed by atoms with Crippen LogP contribution in [0, 0.1) is 13.8 Å². The van der Waals surface area contributed by atoms with Gasteiger partial charge in [-0.3, -0.25) is 14.2 Å². The van der Waals surface area contributed by atoms with E-state index >= 15 is 0 Å². The Morgan fingerprint density at radius 3 is 2.59 bits per heavy atom. The molecule has 0 N–H and O–H groups in total. The van der Waals surface area contributed by atoms with E-state index in [4.69, 9.17) is 0 Å². The first-order valence-corrected chi connectivity index (χ1v) is 10.4. The molecule has 1 atom stereocenters. The van der Waals surface area contributed by atoms with Crippen LogP contribution in [0.3, 0.4) is 0 Å². The number of carbonyl (C=O) groups excluding carboxylic acids is 1. The lowest BCUT2D eigenvalue weighted by Crippen LogP contribution is -2.30. The Morgan fingerprint density at radius 2 is 1.96 bits per heavy atom. The van der Waals surface area contributed by atoms with Gasteiger partial charge in [-0.2, -0.15) is 0 Å². The molecular formula is C20H23N3O2S2. The molecule has 3 aromatic rings. The number of hydrogen-bond acceptors (Lipinski definition) is 5. The lowest BCUT2D eigenvalue weighted by atomic mass is 10.0. The molecule has 1 amide bonds. The van der Waals surface area contributed by atoms with Gasteiger partial charge in [0.25, 0.3) is 5.56 Å². The van der Waals surface area contributed by atoms with E-state index in [1.54, 1.807) is 30.6 Å². The predicted octanol–water partition coefficient (Wildman–Crippen LogP) is 3.85. The highest BCUT2D eigenvalue weighted by Crippen LogP contribution is 2.33. The predicted molar refractivity (Wildman–Crippen MR) is 114 cm³/mol. The van der Waals surface area contributed by atoms with Crippen LogP contribution >= 0.6 is 23.1 Å². The summed E-state index contributed by atoms with van der Waals surface area (Å²) in [7, 11) is 5.17. The number of aryl methyl sites for hydroxylation is 2. The van der Waals surface area contributed by atoms with Crippen molar-refractivity contribution >= 4 is 39.2 Å². The molecule has 3 rings (SSSR count). The number of benzene rings is 1. The van der Waals surface area contributed by atoms with Gasteiger partial charge >= 0.3 is 0 Å². The van der Waals surface area contributed by atoms with Crippen molar-refractivity contribution in [1.29, 1.82) is 0 Å². The van der Waals surface area contributed by atoms with Gasteiger partial charge in [0, 0.05) is 32.1 Å². The lowest BCUT2D eigenvalue weighted by Gasteiger charge is -2.17. The number of carbonyl (C=O) groups is 1. The minimum Gasteiger partial charge on any atom is -0.348 e. The molecule has 7 heteroatoms. The van der Waals surface area contributed by atoms with Gasteiger partial charge in [-0.05, 0) is 37.5 Å². The van der Waals surface area contributed by atoms with E-state index in [2.05, 4.69) is 31.0 Å². The highest BCUT2D eigenvalue weighted by Gasteiger charge is 2.21. The van der Waals surface area contributed by atoms with Crippen LogP contribution in [0.25, 0.3) is 21.3 Å². The Labute approximate surface area is 167 Å². The second-order valence-electron chi connectivity index (χ2n) is 6.88. The maximum Gasteiger partial charge on any atom is 0.263 e. The number of thioether (sulfide) groups is 1. The molecular weight excluding hydrogens is 378 g/mol. The van der Waals surface area contributed by atoms with Crippen LogP contribution in [0.4, 0.5) is 0 Å². The maximum absolute atomic E-state index is 13.1. The van der Waals surface area contributed by atoms with Crippen molar-refractivity contribution in [3.8, 4) is 11.1 Å². The van der Waals surface area contributed by atoms with Crippen LogP contribution in [-0.4, -0.2) is 39.7 Å². The standard InChI is InChI=1S/C20H23N3O2S2/c1-11-7-8-14(9-12(11)2)15-10-26-17-16(15)19(25)23(6)20(21-17)27-13(3)18(24)22(4)5/h7-10,13H,1-6H3/t13-/m0/s1. The summed E-state index contributed by atoms with van der Waals surface area (Å²) in [5, 5.41) is 2.88. The van der Waals surface area contributed by atoms with Gasteiger partial charge in [-0.15, -0.1) is 11.3 Å². The molecule has 0 radical (unpaired) electrons. The van der Waals surface area contributed by atoms with E-state index in [0.717, 1.165) is 11.1 Å². The van der Waals surface area contributed by atoms with Crippen molar-refractivity contribution in [1.82, 2.24) is 14.5 Å². The van der Waals surface area contributed by atoms with Gasteiger partial charge in [0.05, 0.1) is 10.6 Å². The molecule has 142 valence electrons. The lowest BCUT2D eigenvalue weighted by molar-refractivity contribution is -0.127. The Bertz CT molecular complexity index is 1080. The maximum atomic E-state index is 13.1. The molecule has 0 saturated heterocycles. The van der Waals surface area contributed by atoms with Crippen molar-refractivity contribution in [2.24, 2.45) is 7.05 Å². The van der Waals surface area contributed by atoms with E-state index in [9.17, 15) is 9.59 Å². The van der Waals surface area contributed by atoms with Gasteiger partial charge in [0.15, 0.2) is 5.16 Å². The molecule has 2 aromatic heterocycles. The van der Waals surface area contributed by atoms with Crippen molar-refractivity contribution < 1.29 is 4.79 Å². The molecule has 0 unspecified atom stereocenters. The summed E-state index contributed by atoms with van der Waals surface area (Å²) in [5.74, 6) is -0.00338. The van der Waals surface area contributed by atoms with E-state index in [0.29, 0.717) is 15.4 Å². The number of aromatic nitrogens is 2. The monoisotopic (exact) mass is 401 g/mol. The third-order valence-electron chi connectivity index (χ3n) is 4.66. The summed E-state index contributed by atoms with van der Waals surface area (Å²) < 4.78 is 1.55. The van der Waals surface area contributed by atoms with Gasteiger partial charge < -0.3 is 4.90 Å². The van der Waals surface area contributed by atoms with Crippen LogP contribution in [-0.2, 0) is 11.8 Å². The van der Waals surface area contributed by atoms with Crippen LogP contribution in [0.1, 0.15) is 18.1 Å². The van der Waals surface area contributed by atoms with Crippen molar-refractivity contribution in [3.05, 3.63) is 45.1 Å². The van der Waals surface area contributed by atoms with Crippen molar-refractivity contribution in [2.45, 2.75) is 31.2 Å². The Kier molecular flexibility index (Phi) is 5.44. The normalized spacial score (nSPS) is 12.4. The number of hydrogen-bond donors (Lipinski definition) is 0. The molecule has 0 fully saturated rings. The van der Waals surface area contributed by atoms with Crippen LogP contribution in [0.2, 0.25) is 0 Å². The Hall–Kier alpha value is -2.12. The molecule has 0 spiro atoms. The van der Waals surface area contributed by atoms with Crippen LogP contribution in [0.5, 0.6) is 0 Å². The smallest absolute Gasteiger partial charge is 0.263 e. The zero-order valence-corrected chi connectivity index (χ0v) is 18.0. The van der Waals surface area contributed by atoms with E-state index < -0.39 is 0 Å². The van der Waals surface area contributed by atoms with Crippen molar-refractivity contribution in [3.63, 3.8) is 0 Å². The summed E-state index contributed by atoms with van der Waals surface area (Å²) >= 11 is 2.78. The van der Waals surface area contributed by atoms with E-state index in [-0.39, 0.29) is 16.7 Å². The van der Waals surface area contributed by atoms with Crippen LogP contribution < -0.4 is 5.56 Å². The average Bonchev–Trinajstić information content (AvgIpc) is 3.04. The molecule has 0 saturated carbocycles. The third kappa shape index (κ3) is 3.66. The average molecular weight is 402 g/mol. The number of rotatable bonds is 4. The Balaban J connectivity index is 2.08. The molecule has 0 aliphatic carbocycles. The fraction of sp³-hybridized carbons (Fsp3) is 0.350. The summed E-state index contributed by atoms with van der Waals surface area (Å²) in [6.45, 7) is 5.98.